The highest BCUT2D eigenvalue weighted by Crippen LogP contribution is 2.33. The quantitative estimate of drug-likeness (QED) is 0.839. The van der Waals surface area contributed by atoms with Gasteiger partial charge in [-0.2, -0.15) is 0 Å². The van der Waals surface area contributed by atoms with E-state index in [4.69, 9.17) is 41.2 Å². The Morgan fingerprint density at radius 1 is 1.29 bits per heavy atom. The number of nitrogens with two attached hydrogens (primary N) is 1. The van der Waals surface area contributed by atoms with E-state index in [9.17, 15) is 0 Å². The van der Waals surface area contributed by atoms with Crippen LogP contribution < -0.4 is 5.73 Å². The van der Waals surface area contributed by atoms with Gasteiger partial charge in [-0.15, -0.1) is 0 Å². The van der Waals surface area contributed by atoms with Crippen molar-refractivity contribution < 1.29 is 0 Å². The summed E-state index contributed by atoms with van der Waals surface area (Å²) in [7, 11) is 0. The van der Waals surface area contributed by atoms with Gasteiger partial charge in [0.15, 0.2) is 0 Å². The van der Waals surface area contributed by atoms with Crippen LogP contribution in [0.2, 0.25) is 10.0 Å². The Hall–Kier alpha value is -0.350. The summed E-state index contributed by atoms with van der Waals surface area (Å²) < 4.78 is 0. The summed E-state index contributed by atoms with van der Waals surface area (Å²) in [5, 5.41) is 1.20. The lowest BCUT2D eigenvalue weighted by atomic mass is 10.0. The van der Waals surface area contributed by atoms with Crippen molar-refractivity contribution in [2.75, 3.05) is 13.1 Å². The maximum Gasteiger partial charge on any atom is 0.0949 e. The number of halogens is 2. The SMILES string of the molecule is CCN(CC)C(C(N)=S)c1c(Cl)cccc1Cl. The molecule has 1 aromatic rings. The van der Waals surface area contributed by atoms with Crippen LogP contribution in [0.3, 0.4) is 0 Å². The monoisotopic (exact) mass is 290 g/mol. The Bertz CT molecular complexity index is 385. The summed E-state index contributed by atoms with van der Waals surface area (Å²) in [5.41, 5.74) is 6.63. The van der Waals surface area contributed by atoms with Gasteiger partial charge in [0.1, 0.15) is 0 Å². The maximum absolute atomic E-state index is 6.20. The molecule has 2 nitrogen and oxygen atoms in total. The minimum absolute atomic E-state index is 0.207. The van der Waals surface area contributed by atoms with Gasteiger partial charge < -0.3 is 5.73 Å². The van der Waals surface area contributed by atoms with Gasteiger partial charge >= 0.3 is 0 Å². The maximum atomic E-state index is 6.20. The number of nitrogens with zero attached hydrogens (tertiary/aromatic N) is 1. The molecule has 1 atom stereocenters. The number of benzene rings is 1. The molecule has 0 saturated heterocycles. The molecule has 0 aliphatic rings. The third-order valence-electron chi connectivity index (χ3n) is 2.72. The molecule has 0 radical (unpaired) electrons. The van der Waals surface area contributed by atoms with E-state index in [0.29, 0.717) is 15.0 Å². The van der Waals surface area contributed by atoms with Gasteiger partial charge in [0.25, 0.3) is 0 Å². The molecule has 0 aromatic heterocycles. The molecule has 1 unspecified atom stereocenters. The number of thiocarbonyl (C=S) groups is 1. The van der Waals surface area contributed by atoms with Crippen LogP contribution in [0.25, 0.3) is 0 Å². The first-order chi connectivity index (χ1) is 8.02. The average molecular weight is 291 g/mol. The van der Waals surface area contributed by atoms with Crippen molar-refractivity contribution in [2.24, 2.45) is 5.73 Å². The van der Waals surface area contributed by atoms with Crippen molar-refractivity contribution in [3.05, 3.63) is 33.8 Å². The van der Waals surface area contributed by atoms with Crippen molar-refractivity contribution in [1.82, 2.24) is 4.90 Å². The van der Waals surface area contributed by atoms with Crippen molar-refractivity contribution in [1.29, 1.82) is 0 Å². The lowest BCUT2D eigenvalue weighted by Gasteiger charge is -2.30. The van der Waals surface area contributed by atoms with E-state index in [1.807, 2.05) is 6.07 Å². The molecule has 5 heteroatoms. The first-order valence-electron chi connectivity index (χ1n) is 5.50. The molecular weight excluding hydrogens is 275 g/mol. The minimum atomic E-state index is -0.207. The van der Waals surface area contributed by atoms with Crippen LogP contribution in [0.1, 0.15) is 25.5 Å². The Morgan fingerprint density at radius 3 is 2.12 bits per heavy atom. The normalized spacial score (nSPS) is 12.8. The number of likely N-dealkylation sites (N-methyl/N-ethyl adjacent to an activating group) is 1. The van der Waals surface area contributed by atoms with Crippen molar-refractivity contribution in [3.63, 3.8) is 0 Å². The van der Waals surface area contributed by atoms with Gasteiger partial charge in [0, 0.05) is 15.6 Å². The van der Waals surface area contributed by atoms with Crippen LogP contribution in [-0.2, 0) is 0 Å². The summed E-state index contributed by atoms with van der Waals surface area (Å²) in [5.74, 6) is 0. The van der Waals surface area contributed by atoms with Gasteiger partial charge in [-0.3, -0.25) is 4.90 Å². The molecule has 0 spiro atoms. The second kappa shape index (κ2) is 6.55. The Morgan fingerprint density at radius 2 is 1.76 bits per heavy atom. The Balaban J connectivity index is 3.27. The lowest BCUT2D eigenvalue weighted by molar-refractivity contribution is 0.272. The summed E-state index contributed by atoms with van der Waals surface area (Å²) in [6.45, 7) is 5.78. The summed E-state index contributed by atoms with van der Waals surface area (Å²) in [6, 6.07) is 5.21. The average Bonchev–Trinajstić information content (AvgIpc) is 2.27. The van der Waals surface area contributed by atoms with Crippen LogP contribution in [0.4, 0.5) is 0 Å². The van der Waals surface area contributed by atoms with Crippen molar-refractivity contribution >= 4 is 40.4 Å². The molecular formula is C12H16Cl2N2S. The van der Waals surface area contributed by atoms with E-state index >= 15 is 0 Å². The third kappa shape index (κ3) is 3.32. The molecule has 2 N–H and O–H groups in total. The van der Waals surface area contributed by atoms with E-state index < -0.39 is 0 Å². The smallest absolute Gasteiger partial charge is 0.0949 e. The number of hydrogen-bond donors (Lipinski definition) is 1. The molecule has 1 aromatic carbocycles. The lowest BCUT2D eigenvalue weighted by Crippen LogP contribution is -2.37. The molecule has 0 aliphatic heterocycles. The van der Waals surface area contributed by atoms with E-state index in [2.05, 4.69) is 18.7 Å². The van der Waals surface area contributed by atoms with Crippen LogP contribution >= 0.6 is 35.4 Å². The fourth-order valence-electron chi connectivity index (χ4n) is 1.87. The van der Waals surface area contributed by atoms with Crippen molar-refractivity contribution in [2.45, 2.75) is 19.9 Å². The highest BCUT2D eigenvalue weighted by molar-refractivity contribution is 7.80. The van der Waals surface area contributed by atoms with Gasteiger partial charge in [-0.1, -0.05) is 55.3 Å². The molecule has 94 valence electrons. The summed E-state index contributed by atoms with van der Waals surface area (Å²) in [4.78, 5) is 2.53. The molecule has 0 bridgehead atoms. The van der Waals surface area contributed by atoms with Crippen LogP contribution in [0.15, 0.2) is 18.2 Å². The van der Waals surface area contributed by atoms with Crippen LogP contribution in [-0.4, -0.2) is 23.0 Å². The summed E-state index contributed by atoms with van der Waals surface area (Å²) in [6.07, 6.45) is 0. The molecule has 17 heavy (non-hydrogen) atoms. The predicted octanol–water partition coefficient (Wildman–Crippen LogP) is 3.66. The Kier molecular flexibility index (Phi) is 5.67. The molecule has 1 rings (SSSR count). The van der Waals surface area contributed by atoms with Gasteiger partial charge in [0.05, 0.1) is 11.0 Å². The first kappa shape index (κ1) is 14.7. The topological polar surface area (TPSA) is 29.3 Å². The molecule has 0 heterocycles. The van der Waals surface area contributed by atoms with Gasteiger partial charge in [-0.25, -0.2) is 0 Å². The third-order valence-corrected chi connectivity index (χ3v) is 3.60. The standard InChI is InChI=1S/C12H16Cl2N2S/c1-3-16(4-2)11(12(15)17)10-8(13)6-5-7-9(10)14/h5-7,11H,3-4H2,1-2H3,(H2,15,17). The molecule has 0 fully saturated rings. The van der Waals surface area contributed by atoms with Gasteiger partial charge in [0.2, 0.25) is 0 Å². The van der Waals surface area contributed by atoms with Crippen LogP contribution in [0, 0.1) is 0 Å². The fourth-order valence-corrected chi connectivity index (χ4v) is 2.74. The fraction of sp³-hybridized carbons (Fsp3) is 0.417. The highest BCUT2D eigenvalue weighted by atomic mass is 35.5. The molecule has 0 amide bonds. The van der Waals surface area contributed by atoms with Crippen molar-refractivity contribution in [3.8, 4) is 0 Å². The van der Waals surface area contributed by atoms with E-state index in [0.717, 1.165) is 18.7 Å². The van der Waals surface area contributed by atoms with Crippen LogP contribution in [0.5, 0.6) is 0 Å². The van der Waals surface area contributed by atoms with E-state index in [1.165, 1.54) is 0 Å². The zero-order valence-electron chi connectivity index (χ0n) is 9.91. The van der Waals surface area contributed by atoms with E-state index in [-0.39, 0.29) is 6.04 Å². The second-order valence-electron chi connectivity index (χ2n) is 3.66. The van der Waals surface area contributed by atoms with Gasteiger partial charge in [-0.05, 0) is 25.2 Å². The predicted molar refractivity (Wildman–Crippen MR) is 78.9 cm³/mol. The molecule has 0 aliphatic carbocycles. The first-order valence-corrected chi connectivity index (χ1v) is 6.66. The van der Waals surface area contributed by atoms with E-state index in [1.54, 1.807) is 12.1 Å². The minimum Gasteiger partial charge on any atom is -0.392 e. The summed E-state index contributed by atoms with van der Waals surface area (Å²) >= 11 is 17.5. The highest BCUT2D eigenvalue weighted by Gasteiger charge is 2.25. The molecule has 0 saturated carbocycles. The zero-order valence-corrected chi connectivity index (χ0v) is 12.2. The Labute approximate surface area is 118 Å². The number of hydrogen-bond acceptors (Lipinski definition) is 2. The second-order valence-corrected chi connectivity index (χ2v) is 4.95. The largest absolute Gasteiger partial charge is 0.392 e. The zero-order chi connectivity index (χ0) is 13.0. The number of rotatable bonds is 5.